The first-order valence-electron chi connectivity index (χ1n) is 6.35. The lowest BCUT2D eigenvalue weighted by atomic mass is 9.73. The van der Waals surface area contributed by atoms with Gasteiger partial charge in [-0.3, -0.25) is 4.79 Å². The van der Waals surface area contributed by atoms with Gasteiger partial charge in [-0.2, -0.15) is 0 Å². The van der Waals surface area contributed by atoms with Gasteiger partial charge >= 0.3 is 5.97 Å². The van der Waals surface area contributed by atoms with Crippen LogP contribution >= 0.6 is 0 Å². The minimum atomic E-state index is -0.599. The van der Waals surface area contributed by atoms with E-state index in [9.17, 15) is 9.90 Å². The second-order valence-electron chi connectivity index (χ2n) is 5.24. The molecule has 3 N–H and O–H groups in total. The molecule has 16 heavy (non-hydrogen) atoms. The Bertz CT molecular complexity index is 257. The molecule has 0 aliphatic carbocycles. The highest BCUT2D eigenvalue weighted by Crippen LogP contribution is 2.33. The van der Waals surface area contributed by atoms with Crippen LogP contribution in [0.4, 0.5) is 0 Å². The summed E-state index contributed by atoms with van der Waals surface area (Å²) in [5, 5.41) is 16.0. The third-order valence-corrected chi connectivity index (χ3v) is 4.12. The van der Waals surface area contributed by atoms with E-state index in [4.69, 9.17) is 0 Å². The first-order valence-corrected chi connectivity index (χ1v) is 6.35. The van der Waals surface area contributed by atoms with Gasteiger partial charge in [-0.25, -0.2) is 0 Å². The van der Waals surface area contributed by atoms with Gasteiger partial charge in [0.1, 0.15) is 0 Å². The van der Waals surface area contributed by atoms with E-state index in [1.165, 1.54) is 0 Å². The van der Waals surface area contributed by atoms with Crippen LogP contribution in [0.15, 0.2) is 0 Å². The molecule has 4 heteroatoms. The van der Waals surface area contributed by atoms with Crippen LogP contribution in [-0.4, -0.2) is 36.8 Å². The lowest BCUT2D eigenvalue weighted by molar-refractivity contribution is -0.145. The smallest absolute Gasteiger partial charge is 0.306 e. The molecule has 2 aliphatic heterocycles. The minimum absolute atomic E-state index is 0.128. The van der Waals surface area contributed by atoms with Crippen LogP contribution in [0.3, 0.4) is 0 Å². The van der Waals surface area contributed by atoms with Crippen molar-refractivity contribution in [3.8, 4) is 0 Å². The Labute approximate surface area is 96.8 Å². The zero-order valence-electron chi connectivity index (χ0n) is 9.91. The normalized spacial score (nSPS) is 40.6. The first-order chi connectivity index (χ1) is 7.68. The van der Waals surface area contributed by atoms with Crippen LogP contribution in [0.5, 0.6) is 0 Å². The molecule has 2 fully saturated rings. The van der Waals surface area contributed by atoms with Gasteiger partial charge in [0.2, 0.25) is 0 Å². The summed E-state index contributed by atoms with van der Waals surface area (Å²) in [6.07, 6.45) is 3.04. The fourth-order valence-electron chi connectivity index (χ4n) is 3.24. The van der Waals surface area contributed by atoms with Gasteiger partial charge in [0, 0.05) is 6.04 Å². The summed E-state index contributed by atoms with van der Waals surface area (Å²) in [5.74, 6) is 0.176. The fourth-order valence-corrected chi connectivity index (χ4v) is 3.24. The molecule has 4 atom stereocenters. The Morgan fingerprint density at radius 3 is 2.81 bits per heavy atom. The second kappa shape index (κ2) is 5.15. The lowest BCUT2D eigenvalue weighted by Crippen LogP contribution is -2.47. The summed E-state index contributed by atoms with van der Waals surface area (Å²) in [5.41, 5.74) is 0. The molecule has 0 aromatic carbocycles. The number of rotatable bonds is 2. The van der Waals surface area contributed by atoms with Crippen molar-refractivity contribution < 1.29 is 9.90 Å². The molecule has 0 aromatic heterocycles. The molecule has 92 valence electrons. The lowest BCUT2D eigenvalue weighted by Gasteiger charge is -2.39. The Balaban J connectivity index is 2.01. The van der Waals surface area contributed by atoms with Gasteiger partial charge in [0.05, 0.1) is 5.92 Å². The van der Waals surface area contributed by atoms with Gasteiger partial charge in [0.25, 0.3) is 0 Å². The SMILES string of the molecule is CC1CC(C2CNCCC2C(=O)O)CCN1. The highest BCUT2D eigenvalue weighted by Gasteiger charge is 2.37. The van der Waals surface area contributed by atoms with E-state index < -0.39 is 5.97 Å². The second-order valence-corrected chi connectivity index (χ2v) is 5.24. The summed E-state index contributed by atoms with van der Waals surface area (Å²) >= 11 is 0. The highest BCUT2D eigenvalue weighted by atomic mass is 16.4. The highest BCUT2D eigenvalue weighted by molar-refractivity contribution is 5.70. The van der Waals surface area contributed by atoms with Crippen LogP contribution < -0.4 is 10.6 Å². The largest absolute Gasteiger partial charge is 0.481 e. The average Bonchev–Trinajstić information content (AvgIpc) is 2.29. The van der Waals surface area contributed by atoms with Gasteiger partial charge in [-0.15, -0.1) is 0 Å². The number of carbonyl (C=O) groups is 1. The molecule has 0 bridgehead atoms. The molecule has 0 spiro atoms. The molecule has 4 unspecified atom stereocenters. The van der Waals surface area contributed by atoms with E-state index >= 15 is 0 Å². The number of hydrogen-bond acceptors (Lipinski definition) is 3. The van der Waals surface area contributed by atoms with E-state index in [1.54, 1.807) is 0 Å². The number of carboxylic acid groups (broad SMARTS) is 1. The van der Waals surface area contributed by atoms with Crippen molar-refractivity contribution in [3.63, 3.8) is 0 Å². The van der Waals surface area contributed by atoms with E-state index in [0.717, 1.165) is 38.9 Å². The number of nitrogens with one attached hydrogen (secondary N) is 2. The standard InChI is InChI=1S/C12H22N2O2/c1-8-6-9(2-5-14-8)11-7-13-4-3-10(11)12(15)16/h8-11,13-14H,2-7H2,1H3,(H,15,16). The Kier molecular flexibility index (Phi) is 3.82. The summed E-state index contributed by atoms with van der Waals surface area (Å²) in [7, 11) is 0. The van der Waals surface area contributed by atoms with Crippen LogP contribution in [-0.2, 0) is 4.79 Å². The maximum absolute atomic E-state index is 11.2. The van der Waals surface area contributed by atoms with Crippen LogP contribution in [0.25, 0.3) is 0 Å². The average molecular weight is 226 g/mol. The zero-order chi connectivity index (χ0) is 11.5. The molecule has 2 heterocycles. The van der Waals surface area contributed by atoms with Crippen LogP contribution in [0, 0.1) is 17.8 Å². The van der Waals surface area contributed by atoms with Crippen LogP contribution in [0.2, 0.25) is 0 Å². The van der Waals surface area contributed by atoms with Crippen molar-refractivity contribution in [2.24, 2.45) is 17.8 Å². The minimum Gasteiger partial charge on any atom is -0.481 e. The van der Waals surface area contributed by atoms with Crippen molar-refractivity contribution in [2.45, 2.75) is 32.2 Å². The number of piperidine rings is 2. The summed E-state index contributed by atoms with van der Waals surface area (Å²) in [6.45, 7) is 4.97. The summed E-state index contributed by atoms with van der Waals surface area (Å²) in [6, 6.07) is 0.537. The molecular formula is C12H22N2O2. The Morgan fingerprint density at radius 1 is 1.31 bits per heavy atom. The summed E-state index contributed by atoms with van der Waals surface area (Å²) in [4.78, 5) is 11.2. The predicted octanol–water partition coefficient (Wildman–Crippen LogP) is 0.685. The zero-order valence-corrected chi connectivity index (χ0v) is 9.91. The van der Waals surface area contributed by atoms with Gasteiger partial charge < -0.3 is 15.7 Å². The monoisotopic (exact) mass is 226 g/mol. The van der Waals surface area contributed by atoms with Crippen molar-refractivity contribution in [1.29, 1.82) is 0 Å². The predicted molar refractivity (Wildman–Crippen MR) is 62.3 cm³/mol. The van der Waals surface area contributed by atoms with Crippen LogP contribution in [0.1, 0.15) is 26.2 Å². The van der Waals surface area contributed by atoms with Crippen molar-refractivity contribution >= 4 is 5.97 Å². The molecule has 0 saturated carbocycles. The number of hydrogen-bond donors (Lipinski definition) is 3. The van der Waals surface area contributed by atoms with Crippen molar-refractivity contribution in [3.05, 3.63) is 0 Å². The van der Waals surface area contributed by atoms with E-state index in [-0.39, 0.29) is 5.92 Å². The van der Waals surface area contributed by atoms with Gasteiger partial charge in [-0.05, 0) is 57.7 Å². The van der Waals surface area contributed by atoms with E-state index in [2.05, 4.69) is 17.6 Å². The maximum Gasteiger partial charge on any atom is 0.306 e. The third-order valence-electron chi connectivity index (χ3n) is 4.12. The van der Waals surface area contributed by atoms with E-state index in [0.29, 0.717) is 17.9 Å². The Hall–Kier alpha value is -0.610. The molecular weight excluding hydrogens is 204 g/mol. The van der Waals surface area contributed by atoms with Gasteiger partial charge in [-0.1, -0.05) is 0 Å². The quantitative estimate of drug-likeness (QED) is 0.648. The summed E-state index contributed by atoms with van der Waals surface area (Å²) < 4.78 is 0. The molecule has 0 radical (unpaired) electrons. The molecule has 0 amide bonds. The number of aliphatic carboxylic acids is 1. The van der Waals surface area contributed by atoms with E-state index in [1.807, 2.05) is 0 Å². The molecule has 4 nitrogen and oxygen atoms in total. The number of carboxylic acids is 1. The molecule has 2 saturated heterocycles. The molecule has 0 aromatic rings. The first kappa shape index (κ1) is 11.9. The third kappa shape index (κ3) is 2.55. The maximum atomic E-state index is 11.2. The van der Waals surface area contributed by atoms with Gasteiger partial charge in [0.15, 0.2) is 0 Å². The Morgan fingerprint density at radius 2 is 2.12 bits per heavy atom. The topological polar surface area (TPSA) is 61.4 Å². The van der Waals surface area contributed by atoms with Crippen molar-refractivity contribution in [2.75, 3.05) is 19.6 Å². The molecule has 2 rings (SSSR count). The van der Waals surface area contributed by atoms with Crippen molar-refractivity contribution in [1.82, 2.24) is 10.6 Å². The molecule has 2 aliphatic rings. The fraction of sp³-hybridized carbons (Fsp3) is 0.917.